The molecule has 0 radical (unpaired) electrons. The van der Waals surface area contributed by atoms with Gasteiger partial charge in [-0.25, -0.2) is 0 Å². The summed E-state index contributed by atoms with van der Waals surface area (Å²) in [5.41, 5.74) is 17.8. The highest BCUT2D eigenvalue weighted by molar-refractivity contribution is 6.13. The van der Waals surface area contributed by atoms with Crippen LogP contribution in [-0.2, 0) is 10.8 Å². The Labute approximate surface area is 260 Å². The first-order chi connectivity index (χ1) is 21.8. The summed E-state index contributed by atoms with van der Waals surface area (Å²) >= 11 is 0. The monoisotopic (exact) mass is 564 g/mol. The number of benzene rings is 6. The van der Waals surface area contributed by atoms with Crippen molar-refractivity contribution in [3.05, 3.63) is 144 Å². The lowest BCUT2D eigenvalue weighted by Crippen LogP contribution is -2.28. The molecule has 0 aliphatic heterocycles. The van der Waals surface area contributed by atoms with E-state index >= 15 is 0 Å². The minimum atomic E-state index is 0.102. The van der Waals surface area contributed by atoms with Crippen LogP contribution in [0.25, 0.3) is 55.3 Å². The van der Waals surface area contributed by atoms with Gasteiger partial charge in [0, 0.05) is 10.8 Å². The Hall–Kier alpha value is -4.42. The van der Waals surface area contributed by atoms with Crippen LogP contribution < -0.4 is 0 Å². The summed E-state index contributed by atoms with van der Waals surface area (Å²) in [6.45, 7) is 0. The lowest BCUT2D eigenvalue weighted by Gasteiger charge is -2.39. The second kappa shape index (κ2) is 9.05. The Morgan fingerprint density at radius 1 is 0.364 bits per heavy atom. The van der Waals surface area contributed by atoms with Crippen molar-refractivity contribution in [2.75, 3.05) is 0 Å². The fourth-order valence-corrected chi connectivity index (χ4v) is 10.0. The molecule has 0 N–H and O–H groups in total. The molecule has 0 bridgehead atoms. The molecule has 0 saturated heterocycles. The summed E-state index contributed by atoms with van der Waals surface area (Å²) in [7, 11) is 0. The third-order valence-electron chi connectivity index (χ3n) is 12.0. The molecule has 4 aliphatic carbocycles. The van der Waals surface area contributed by atoms with Crippen LogP contribution in [0, 0.1) is 0 Å². The van der Waals surface area contributed by atoms with Crippen LogP contribution in [0.1, 0.15) is 73.6 Å². The molecule has 212 valence electrons. The lowest BCUT2D eigenvalue weighted by molar-refractivity contribution is 0.538. The van der Waals surface area contributed by atoms with Crippen molar-refractivity contribution < 1.29 is 0 Å². The Morgan fingerprint density at radius 3 is 1.52 bits per heavy atom. The number of hydrogen-bond donors (Lipinski definition) is 0. The summed E-state index contributed by atoms with van der Waals surface area (Å²) in [6.07, 6.45) is 10.2. The number of fused-ring (bicyclic) bond motifs is 10. The minimum Gasteiger partial charge on any atom is -0.0622 e. The van der Waals surface area contributed by atoms with Gasteiger partial charge in [-0.2, -0.15) is 0 Å². The zero-order valence-electron chi connectivity index (χ0n) is 25.2. The number of hydrogen-bond acceptors (Lipinski definition) is 0. The molecule has 0 atom stereocenters. The van der Waals surface area contributed by atoms with Gasteiger partial charge in [0.1, 0.15) is 0 Å². The second-order valence-electron chi connectivity index (χ2n) is 13.9. The lowest BCUT2D eigenvalue weighted by atomic mass is 9.64. The summed E-state index contributed by atoms with van der Waals surface area (Å²) in [5, 5.41) is 3.01. The van der Waals surface area contributed by atoms with Crippen molar-refractivity contribution in [1.82, 2.24) is 0 Å². The van der Waals surface area contributed by atoms with Gasteiger partial charge in [0.2, 0.25) is 0 Å². The number of rotatable bonds is 2. The fraction of sp³-hybridized carbons (Fsp3) is 0.227. The third-order valence-corrected chi connectivity index (χ3v) is 12.0. The largest absolute Gasteiger partial charge is 0.0622 e. The maximum absolute atomic E-state index is 2.68. The van der Waals surface area contributed by atoms with Crippen molar-refractivity contribution in [2.45, 2.75) is 62.2 Å². The van der Waals surface area contributed by atoms with E-state index in [2.05, 4.69) is 121 Å². The van der Waals surface area contributed by atoms with Crippen LogP contribution in [0.15, 0.2) is 121 Å². The van der Waals surface area contributed by atoms with E-state index < -0.39 is 0 Å². The predicted octanol–water partition coefficient (Wildman–Crippen LogP) is 11.9. The zero-order valence-corrected chi connectivity index (χ0v) is 25.2. The van der Waals surface area contributed by atoms with Gasteiger partial charge in [0.25, 0.3) is 0 Å². The minimum absolute atomic E-state index is 0.102. The van der Waals surface area contributed by atoms with Crippen LogP contribution in [0.5, 0.6) is 0 Å². The first-order valence-electron chi connectivity index (χ1n) is 16.8. The normalized spacial score (nSPS) is 18.1. The van der Waals surface area contributed by atoms with Crippen molar-refractivity contribution >= 4 is 10.8 Å². The maximum Gasteiger partial charge on any atom is 0.0215 e. The summed E-state index contributed by atoms with van der Waals surface area (Å²) in [6, 6.07) is 46.8. The van der Waals surface area contributed by atoms with Gasteiger partial charge in [0.15, 0.2) is 0 Å². The molecule has 0 heteroatoms. The molecular formula is C44H36. The average Bonchev–Trinajstić information content (AvgIpc) is 3.84. The maximum atomic E-state index is 2.68. The van der Waals surface area contributed by atoms with Gasteiger partial charge in [-0.05, 0) is 121 Å². The van der Waals surface area contributed by atoms with E-state index in [9.17, 15) is 0 Å². The highest BCUT2D eigenvalue weighted by Crippen LogP contribution is 2.63. The first-order valence-corrected chi connectivity index (χ1v) is 16.8. The molecule has 2 fully saturated rings. The van der Waals surface area contributed by atoms with E-state index in [0.29, 0.717) is 0 Å². The average molecular weight is 565 g/mol. The topological polar surface area (TPSA) is 0 Å². The van der Waals surface area contributed by atoms with Crippen LogP contribution in [0.2, 0.25) is 0 Å². The molecule has 6 aromatic carbocycles. The van der Waals surface area contributed by atoms with Crippen LogP contribution in [0.4, 0.5) is 0 Å². The van der Waals surface area contributed by atoms with Crippen LogP contribution >= 0.6 is 0 Å². The summed E-state index contributed by atoms with van der Waals surface area (Å²) < 4.78 is 0. The van der Waals surface area contributed by atoms with E-state index in [4.69, 9.17) is 0 Å². The molecular weight excluding hydrogens is 528 g/mol. The van der Waals surface area contributed by atoms with Gasteiger partial charge < -0.3 is 0 Å². The summed E-state index contributed by atoms with van der Waals surface area (Å²) in [5.74, 6) is 0. The highest BCUT2D eigenvalue weighted by atomic mass is 14.5. The van der Waals surface area contributed by atoms with Gasteiger partial charge >= 0.3 is 0 Å². The van der Waals surface area contributed by atoms with E-state index in [1.54, 1.807) is 22.3 Å². The molecule has 4 aliphatic rings. The van der Waals surface area contributed by atoms with Gasteiger partial charge in [0.05, 0.1) is 0 Å². The van der Waals surface area contributed by atoms with Gasteiger partial charge in [-0.3, -0.25) is 0 Å². The molecule has 10 rings (SSSR count). The first kappa shape index (κ1) is 25.0. The van der Waals surface area contributed by atoms with Crippen molar-refractivity contribution in [2.24, 2.45) is 0 Å². The molecule has 2 saturated carbocycles. The SMILES string of the molecule is c1ccc(-c2ccc3c(c2)C2(CCCC2)c2cc4c5c(cccc5c2-3)C2(CCCC2)c2cc(-c3ccccc3)ccc2-4)cc1. The Morgan fingerprint density at radius 2 is 0.909 bits per heavy atom. The van der Waals surface area contributed by atoms with Gasteiger partial charge in [-0.15, -0.1) is 0 Å². The Kier molecular flexibility index (Phi) is 5.14. The standard InChI is InChI=1S/C44H36/c1-3-12-29(13-4-1)31-18-20-33-36-28-40-41(35-16-11-17-37(42(35)36)43(38(33)26-31)22-7-8-23-43)34-21-19-32(30-14-5-2-6-15-30)27-39(34)44(40)24-9-10-25-44/h1-6,11-21,26-28H,7-10,22-25H2. The molecule has 6 aromatic rings. The predicted molar refractivity (Wildman–Crippen MR) is 184 cm³/mol. The molecule has 2 spiro atoms. The van der Waals surface area contributed by atoms with Crippen LogP contribution in [-0.4, -0.2) is 0 Å². The molecule has 0 aromatic heterocycles. The van der Waals surface area contributed by atoms with Crippen molar-refractivity contribution in [1.29, 1.82) is 0 Å². The Balaban J connectivity index is 1.28. The molecule has 44 heavy (non-hydrogen) atoms. The molecule has 0 nitrogen and oxygen atoms in total. The summed E-state index contributed by atoms with van der Waals surface area (Å²) in [4.78, 5) is 0. The van der Waals surface area contributed by atoms with E-state index in [1.165, 1.54) is 107 Å². The van der Waals surface area contributed by atoms with E-state index in [1.807, 2.05) is 0 Å². The molecule has 0 heterocycles. The van der Waals surface area contributed by atoms with Crippen molar-refractivity contribution in [3.8, 4) is 44.5 Å². The second-order valence-corrected chi connectivity index (χ2v) is 13.9. The molecule has 0 unspecified atom stereocenters. The zero-order chi connectivity index (χ0) is 28.9. The van der Waals surface area contributed by atoms with E-state index in [-0.39, 0.29) is 10.8 Å². The van der Waals surface area contributed by atoms with E-state index in [0.717, 1.165) is 0 Å². The van der Waals surface area contributed by atoms with Gasteiger partial charge in [-0.1, -0.05) is 129 Å². The molecule has 0 amide bonds. The fourth-order valence-electron chi connectivity index (χ4n) is 10.0. The highest BCUT2D eigenvalue weighted by Gasteiger charge is 2.49. The third kappa shape index (κ3) is 3.19. The van der Waals surface area contributed by atoms with Crippen LogP contribution in [0.3, 0.4) is 0 Å². The quantitative estimate of drug-likeness (QED) is 0.196. The Bertz CT molecular complexity index is 2100. The smallest absolute Gasteiger partial charge is 0.0215 e. The van der Waals surface area contributed by atoms with Crippen molar-refractivity contribution in [3.63, 3.8) is 0 Å².